The summed E-state index contributed by atoms with van der Waals surface area (Å²) >= 11 is 0. The van der Waals surface area contributed by atoms with E-state index in [1.165, 1.54) is 12.1 Å². The lowest BCUT2D eigenvalue weighted by Crippen LogP contribution is -2.46. The van der Waals surface area contributed by atoms with Crippen molar-refractivity contribution in [3.63, 3.8) is 0 Å². The fourth-order valence-electron chi connectivity index (χ4n) is 2.31. The van der Waals surface area contributed by atoms with Crippen molar-refractivity contribution >= 4 is 11.7 Å². The molecule has 7 nitrogen and oxygen atoms in total. The molecule has 0 spiro atoms. The highest BCUT2D eigenvalue weighted by Crippen LogP contribution is 2.12. The maximum atomic E-state index is 11.8. The minimum atomic E-state index is -0.440. The summed E-state index contributed by atoms with van der Waals surface area (Å²) in [5.74, 6) is 0. The molecule has 114 valence electrons. The number of piperidine rings is 1. The van der Waals surface area contributed by atoms with Crippen LogP contribution in [0, 0.1) is 10.1 Å². The van der Waals surface area contributed by atoms with Crippen molar-refractivity contribution in [3.8, 4) is 0 Å². The van der Waals surface area contributed by atoms with E-state index in [0.717, 1.165) is 31.5 Å². The summed E-state index contributed by atoms with van der Waals surface area (Å²) in [6.45, 7) is 2.34. The number of amides is 2. The van der Waals surface area contributed by atoms with Crippen LogP contribution < -0.4 is 10.6 Å². The summed E-state index contributed by atoms with van der Waals surface area (Å²) in [7, 11) is 2.07. The maximum Gasteiger partial charge on any atom is 0.315 e. The van der Waals surface area contributed by atoms with Crippen LogP contribution in [0.4, 0.5) is 10.5 Å². The lowest BCUT2D eigenvalue weighted by atomic mass is 10.1. The lowest BCUT2D eigenvalue weighted by Gasteiger charge is -2.29. The quantitative estimate of drug-likeness (QED) is 0.650. The van der Waals surface area contributed by atoms with Gasteiger partial charge in [-0.3, -0.25) is 10.1 Å². The van der Waals surface area contributed by atoms with Crippen LogP contribution in [0.3, 0.4) is 0 Å². The molecule has 1 aromatic rings. The highest BCUT2D eigenvalue weighted by atomic mass is 16.6. The Bertz CT molecular complexity index is 495. The summed E-state index contributed by atoms with van der Waals surface area (Å²) < 4.78 is 0. The number of nitro benzene ring substituents is 1. The van der Waals surface area contributed by atoms with Gasteiger partial charge in [-0.2, -0.15) is 0 Å². The average molecular weight is 292 g/mol. The predicted octanol–water partition coefficient (Wildman–Crippen LogP) is 1.49. The van der Waals surface area contributed by atoms with E-state index in [1.54, 1.807) is 12.1 Å². The van der Waals surface area contributed by atoms with Crippen LogP contribution in [-0.4, -0.2) is 42.0 Å². The number of hydrogen-bond acceptors (Lipinski definition) is 4. The molecule has 0 aliphatic carbocycles. The first-order valence-electron chi connectivity index (χ1n) is 7.01. The van der Waals surface area contributed by atoms with Gasteiger partial charge in [0.2, 0.25) is 0 Å². The van der Waals surface area contributed by atoms with Crippen LogP contribution in [0.25, 0.3) is 0 Å². The SMILES string of the molecule is CN1CCC(NC(=O)NCc2ccc([N+](=O)[O-])cc2)CC1. The molecule has 0 radical (unpaired) electrons. The van der Waals surface area contributed by atoms with Crippen molar-refractivity contribution < 1.29 is 9.72 Å². The molecular formula is C14H20N4O3. The Hall–Kier alpha value is -2.15. The summed E-state index contributed by atoms with van der Waals surface area (Å²) in [6.07, 6.45) is 1.92. The first-order chi connectivity index (χ1) is 10.0. The standard InChI is InChI=1S/C14H20N4O3/c1-17-8-6-12(7-9-17)16-14(19)15-10-11-2-4-13(5-3-11)18(20)21/h2-5,12H,6-10H2,1H3,(H2,15,16,19). The third-order valence-corrected chi connectivity index (χ3v) is 3.65. The molecule has 0 bridgehead atoms. The molecule has 1 fully saturated rings. The number of nitro groups is 1. The molecule has 0 saturated carbocycles. The topological polar surface area (TPSA) is 87.5 Å². The second-order valence-electron chi connectivity index (χ2n) is 5.33. The van der Waals surface area contributed by atoms with Crippen LogP contribution in [0.1, 0.15) is 18.4 Å². The molecule has 2 N–H and O–H groups in total. The van der Waals surface area contributed by atoms with Gasteiger partial charge in [0.15, 0.2) is 0 Å². The predicted molar refractivity (Wildman–Crippen MR) is 79.0 cm³/mol. The zero-order valence-corrected chi connectivity index (χ0v) is 12.0. The number of likely N-dealkylation sites (tertiary alicyclic amines) is 1. The molecule has 0 aromatic heterocycles. The summed E-state index contributed by atoms with van der Waals surface area (Å²) in [5.41, 5.74) is 0.883. The minimum Gasteiger partial charge on any atom is -0.335 e. The Morgan fingerprint density at radius 1 is 1.33 bits per heavy atom. The first-order valence-corrected chi connectivity index (χ1v) is 7.01. The zero-order valence-electron chi connectivity index (χ0n) is 12.0. The van der Waals surface area contributed by atoms with E-state index in [0.29, 0.717) is 6.54 Å². The van der Waals surface area contributed by atoms with Gasteiger partial charge in [0, 0.05) is 24.7 Å². The van der Waals surface area contributed by atoms with Gasteiger partial charge in [-0.05, 0) is 38.5 Å². The van der Waals surface area contributed by atoms with E-state index in [4.69, 9.17) is 0 Å². The zero-order chi connectivity index (χ0) is 15.2. The number of nitrogens with one attached hydrogen (secondary N) is 2. The second kappa shape index (κ2) is 7.03. The number of urea groups is 1. The summed E-state index contributed by atoms with van der Waals surface area (Å²) in [4.78, 5) is 24.1. The highest BCUT2D eigenvalue weighted by Gasteiger charge is 2.18. The highest BCUT2D eigenvalue weighted by molar-refractivity contribution is 5.74. The number of rotatable bonds is 4. The van der Waals surface area contributed by atoms with Crippen LogP contribution in [0.2, 0.25) is 0 Å². The Morgan fingerprint density at radius 3 is 2.52 bits per heavy atom. The monoisotopic (exact) mass is 292 g/mol. The molecule has 1 aliphatic rings. The smallest absolute Gasteiger partial charge is 0.315 e. The van der Waals surface area contributed by atoms with Crippen LogP contribution >= 0.6 is 0 Å². The van der Waals surface area contributed by atoms with E-state index >= 15 is 0 Å². The summed E-state index contributed by atoms with van der Waals surface area (Å²) in [6, 6.07) is 6.20. The molecule has 2 rings (SSSR count). The fourth-order valence-corrected chi connectivity index (χ4v) is 2.31. The van der Waals surface area contributed by atoms with Crippen LogP contribution in [0.5, 0.6) is 0 Å². The van der Waals surface area contributed by atoms with Gasteiger partial charge >= 0.3 is 6.03 Å². The molecule has 1 heterocycles. The van der Waals surface area contributed by atoms with Crippen molar-refractivity contribution in [2.75, 3.05) is 20.1 Å². The van der Waals surface area contributed by atoms with Gasteiger partial charge in [0.25, 0.3) is 5.69 Å². The molecule has 21 heavy (non-hydrogen) atoms. The fraction of sp³-hybridized carbons (Fsp3) is 0.500. The third kappa shape index (κ3) is 4.71. The number of benzene rings is 1. The Kier molecular flexibility index (Phi) is 5.10. The molecule has 7 heteroatoms. The maximum absolute atomic E-state index is 11.8. The first kappa shape index (κ1) is 15.2. The largest absolute Gasteiger partial charge is 0.335 e. The second-order valence-corrected chi connectivity index (χ2v) is 5.33. The van der Waals surface area contributed by atoms with Gasteiger partial charge in [-0.1, -0.05) is 12.1 Å². The van der Waals surface area contributed by atoms with E-state index in [2.05, 4.69) is 22.6 Å². The number of hydrogen-bond donors (Lipinski definition) is 2. The Labute approximate surface area is 123 Å². The van der Waals surface area contributed by atoms with Gasteiger partial charge in [-0.15, -0.1) is 0 Å². The molecule has 1 aliphatic heterocycles. The summed E-state index contributed by atoms with van der Waals surface area (Å²) in [5, 5.41) is 16.3. The van der Waals surface area contributed by atoms with Crippen molar-refractivity contribution in [2.45, 2.75) is 25.4 Å². The molecule has 1 saturated heterocycles. The van der Waals surface area contributed by atoms with Gasteiger partial charge in [0.05, 0.1) is 4.92 Å². The number of carbonyl (C=O) groups excluding carboxylic acids is 1. The van der Waals surface area contributed by atoms with Crippen molar-refractivity contribution in [1.29, 1.82) is 0 Å². The normalized spacial score (nSPS) is 16.4. The van der Waals surface area contributed by atoms with Crippen LogP contribution in [0.15, 0.2) is 24.3 Å². The van der Waals surface area contributed by atoms with E-state index in [1.807, 2.05) is 0 Å². The van der Waals surface area contributed by atoms with Gasteiger partial charge in [-0.25, -0.2) is 4.79 Å². The van der Waals surface area contributed by atoms with Gasteiger partial charge in [0.1, 0.15) is 0 Å². The number of carbonyl (C=O) groups is 1. The Balaban J connectivity index is 1.74. The van der Waals surface area contributed by atoms with Crippen molar-refractivity contribution in [3.05, 3.63) is 39.9 Å². The molecule has 2 amide bonds. The molecule has 0 atom stereocenters. The van der Waals surface area contributed by atoms with E-state index in [-0.39, 0.29) is 17.8 Å². The molecule has 0 unspecified atom stereocenters. The van der Waals surface area contributed by atoms with Crippen molar-refractivity contribution in [1.82, 2.24) is 15.5 Å². The van der Waals surface area contributed by atoms with Crippen LogP contribution in [-0.2, 0) is 6.54 Å². The average Bonchev–Trinajstić information content (AvgIpc) is 2.48. The Morgan fingerprint density at radius 2 is 1.95 bits per heavy atom. The molecule has 1 aromatic carbocycles. The third-order valence-electron chi connectivity index (χ3n) is 3.65. The lowest BCUT2D eigenvalue weighted by molar-refractivity contribution is -0.384. The number of nitrogens with zero attached hydrogens (tertiary/aromatic N) is 2. The van der Waals surface area contributed by atoms with Crippen molar-refractivity contribution in [2.24, 2.45) is 0 Å². The van der Waals surface area contributed by atoms with E-state index < -0.39 is 4.92 Å². The minimum absolute atomic E-state index is 0.0505. The van der Waals surface area contributed by atoms with Gasteiger partial charge < -0.3 is 15.5 Å². The van der Waals surface area contributed by atoms with E-state index in [9.17, 15) is 14.9 Å². The number of non-ortho nitro benzene ring substituents is 1. The molecular weight excluding hydrogens is 272 g/mol.